The molecular formula is C22H22F3NO3. The Morgan fingerprint density at radius 2 is 1.59 bits per heavy atom. The van der Waals surface area contributed by atoms with Gasteiger partial charge in [-0.15, -0.1) is 0 Å². The quantitative estimate of drug-likeness (QED) is 0.842. The number of alkyl halides is 3. The Balaban J connectivity index is 1.36. The normalized spacial score (nSPS) is 19.7. The summed E-state index contributed by atoms with van der Waals surface area (Å²) in [7, 11) is 0. The van der Waals surface area contributed by atoms with Crippen LogP contribution in [0.3, 0.4) is 0 Å². The fraction of sp³-hybridized carbons (Fsp3) is 0.409. The Bertz CT molecular complexity index is 866. The van der Waals surface area contributed by atoms with Gasteiger partial charge in [0.25, 0.3) is 5.91 Å². The lowest BCUT2D eigenvalue weighted by atomic mass is 9.88. The van der Waals surface area contributed by atoms with Gasteiger partial charge in [0.05, 0.1) is 18.8 Å². The van der Waals surface area contributed by atoms with Crippen molar-refractivity contribution in [2.75, 3.05) is 26.3 Å². The Hall–Kier alpha value is -2.38. The van der Waals surface area contributed by atoms with Crippen LogP contribution < -0.4 is 0 Å². The molecule has 2 heterocycles. The van der Waals surface area contributed by atoms with Crippen molar-refractivity contribution in [3.63, 3.8) is 0 Å². The number of likely N-dealkylation sites (tertiary alicyclic amines) is 1. The lowest BCUT2D eigenvalue weighted by molar-refractivity contribution is -0.184. The molecule has 0 aromatic heterocycles. The van der Waals surface area contributed by atoms with Crippen LogP contribution in [-0.2, 0) is 16.5 Å². The van der Waals surface area contributed by atoms with Crippen LogP contribution in [0.1, 0.15) is 45.8 Å². The van der Waals surface area contributed by atoms with Crippen LogP contribution >= 0.6 is 0 Å². The summed E-state index contributed by atoms with van der Waals surface area (Å²) in [4.78, 5) is 14.5. The number of halogens is 3. The van der Waals surface area contributed by atoms with Gasteiger partial charge in [-0.3, -0.25) is 4.79 Å². The molecule has 1 amide bonds. The molecular weight excluding hydrogens is 383 g/mol. The second-order valence-electron chi connectivity index (χ2n) is 7.79. The van der Waals surface area contributed by atoms with E-state index in [9.17, 15) is 23.1 Å². The van der Waals surface area contributed by atoms with Gasteiger partial charge < -0.3 is 14.7 Å². The summed E-state index contributed by atoms with van der Waals surface area (Å²) in [6, 6.07) is 12.3. The first-order valence-electron chi connectivity index (χ1n) is 9.63. The summed E-state index contributed by atoms with van der Waals surface area (Å²) in [5.74, 6) is 0.0795. The number of rotatable bonds is 3. The molecule has 0 unspecified atom stereocenters. The molecule has 1 N–H and O–H groups in total. The Morgan fingerprint density at radius 3 is 2.07 bits per heavy atom. The van der Waals surface area contributed by atoms with Gasteiger partial charge in [0.1, 0.15) is 5.60 Å². The minimum absolute atomic E-state index is 0.0701. The highest BCUT2D eigenvalue weighted by atomic mass is 19.4. The maximum absolute atomic E-state index is 12.8. The third-order valence-corrected chi connectivity index (χ3v) is 5.84. The average Bonchev–Trinajstić information content (AvgIpc) is 2.71. The smallest absolute Gasteiger partial charge is 0.380 e. The van der Waals surface area contributed by atoms with Gasteiger partial charge in [0.15, 0.2) is 0 Å². The number of carbonyl (C=O) groups is 1. The standard InChI is InChI=1S/C22H22F3NO3/c23-22(24,25)19-7-1-15(2-8-19)16-9-11-26(12-10-16)20(27)17-3-5-18(6-4-17)21(28)13-29-14-21/h1-8,16,28H,9-14H2. The number of hydrogen-bond donors (Lipinski definition) is 1. The predicted octanol–water partition coefficient (Wildman–Crippen LogP) is 3.94. The Morgan fingerprint density at radius 1 is 1.00 bits per heavy atom. The van der Waals surface area contributed by atoms with E-state index < -0.39 is 17.3 Å². The predicted molar refractivity (Wildman–Crippen MR) is 100 cm³/mol. The van der Waals surface area contributed by atoms with Crippen molar-refractivity contribution in [3.05, 3.63) is 70.8 Å². The molecule has 4 rings (SSSR count). The van der Waals surface area contributed by atoms with E-state index in [1.54, 1.807) is 41.3 Å². The summed E-state index contributed by atoms with van der Waals surface area (Å²) in [6.45, 7) is 1.64. The molecule has 0 saturated carbocycles. The largest absolute Gasteiger partial charge is 0.416 e. The molecule has 2 aliphatic heterocycles. The summed E-state index contributed by atoms with van der Waals surface area (Å²) in [6.07, 6.45) is -2.90. The Kier molecular flexibility index (Phi) is 5.12. The summed E-state index contributed by atoms with van der Waals surface area (Å²) in [5, 5.41) is 10.3. The molecule has 2 aromatic carbocycles. The van der Waals surface area contributed by atoms with E-state index in [-0.39, 0.29) is 25.0 Å². The number of nitrogens with zero attached hydrogens (tertiary/aromatic N) is 1. The van der Waals surface area contributed by atoms with Crippen LogP contribution in [0.15, 0.2) is 48.5 Å². The van der Waals surface area contributed by atoms with Gasteiger partial charge in [0, 0.05) is 18.7 Å². The zero-order chi connectivity index (χ0) is 20.6. The van der Waals surface area contributed by atoms with Crippen LogP contribution in [0, 0.1) is 0 Å². The lowest BCUT2D eigenvalue weighted by Crippen LogP contribution is -2.46. The molecule has 2 aromatic rings. The van der Waals surface area contributed by atoms with Crippen molar-refractivity contribution in [2.45, 2.75) is 30.5 Å². The molecule has 2 aliphatic rings. The number of piperidine rings is 1. The highest BCUT2D eigenvalue weighted by Crippen LogP contribution is 2.33. The van der Waals surface area contributed by atoms with Crippen molar-refractivity contribution in [1.29, 1.82) is 0 Å². The maximum Gasteiger partial charge on any atom is 0.416 e. The average molecular weight is 405 g/mol. The van der Waals surface area contributed by atoms with Gasteiger partial charge in [-0.25, -0.2) is 0 Å². The first-order chi connectivity index (χ1) is 13.8. The molecule has 0 radical (unpaired) electrons. The zero-order valence-electron chi connectivity index (χ0n) is 15.8. The topological polar surface area (TPSA) is 49.8 Å². The zero-order valence-corrected chi connectivity index (χ0v) is 15.8. The van der Waals surface area contributed by atoms with E-state index in [0.717, 1.165) is 23.3 Å². The van der Waals surface area contributed by atoms with Crippen LogP contribution in [-0.4, -0.2) is 42.2 Å². The molecule has 0 spiro atoms. The first-order valence-corrected chi connectivity index (χ1v) is 9.63. The Labute approximate surface area is 166 Å². The van der Waals surface area contributed by atoms with Gasteiger partial charge in [0.2, 0.25) is 0 Å². The second-order valence-corrected chi connectivity index (χ2v) is 7.79. The third-order valence-electron chi connectivity index (χ3n) is 5.84. The molecule has 29 heavy (non-hydrogen) atoms. The monoisotopic (exact) mass is 405 g/mol. The highest BCUT2D eigenvalue weighted by molar-refractivity contribution is 5.94. The van der Waals surface area contributed by atoms with E-state index in [2.05, 4.69) is 0 Å². The second kappa shape index (κ2) is 7.46. The molecule has 7 heteroatoms. The molecule has 4 nitrogen and oxygen atoms in total. The molecule has 2 saturated heterocycles. The number of amides is 1. The first kappa shape index (κ1) is 19.9. The molecule has 0 atom stereocenters. The van der Waals surface area contributed by atoms with E-state index in [1.807, 2.05) is 0 Å². The van der Waals surface area contributed by atoms with Crippen LogP contribution in [0.25, 0.3) is 0 Å². The molecule has 2 fully saturated rings. The summed E-state index contributed by atoms with van der Waals surface area (Å²) >= 11 is 0. The minimum atomic E-state index is -4.33. The van der Waals surface area contributed by atoms with Crippen molar-refractivity contribution >= 4 is 5.91 Å². The van der Waals surface area contributed by atoms with Gasteiger partial charge in [-0.1, -0.05) is 24.3 Å². The van der Waals surface area contributed by atoms with E-state index in [4.69, 9.17) is 4.74 Å². The van der Waals surface area contributed by atoms with Crippen molar-refractivity contribution in [3.8, 4) is 0 Å². The van der Waals surface area contributed by atoms with Crippen LogP contribution in [0.2, 0.25) is 0 Å². The SMILES string of the molecule is O=C(c1ccc(C2(O)COC2)cc1)N1CCC(c2ccc(C(F)(F)F)cc2)CC1. The van der Waals surface area contributed by atoms with E-state index >= 15 is 0 Å². The number of hydrogen-bond acceptors (Lipinski definition) is 3. The van der Waals surface area contributed by atoms with E-state index in [0.29, 0.717) is 31.5 Å². The summed E-state index contributed by atoms with van der Waals surface area (Å²) in [5.41, 5.74) is 0.578. The minimum Gasteiger partial charge on any atom is -0.380 e. The highest BCUT2D eigenvalue weighted by Gasteiger charge is 2.38. The van der Waals surface area contributed by atoms with Crippen LogP contribution in [0.5, 0.6) is 0 Å². The van der Waals surface area contributed by atoms with Crippen molar-refractivity contribution in [1.82, 2.24) is 4.90 Å². The van der Waals surface area contributed by atoms with Crippen molar-refractivity contribution in [2.24, 2.45) is 0 Å². The summed E-state index contributed by atoms with van der Waals surface area (Å²) < 4.78 is 43.2. The third kappa shape index (κ3) is 4.02. The number of carbonyl (C=O) groups excluding carboxylic acids is 1. The fourth-order valence-corrected chi connectivity index (χ4v) is 3.93. The van der Waals surface area contributed by atoms with E-state index in [1.165, 1.54) is 0 Å². The molecule has 0 bridgehead atoms. The van der Waals surface area contributed by atoms with Crippen LogP contribution in [0.4, 0.5) is 13.2 Å². The van der Waals surface area contributed by atoms with Gasteiger partial charge in [-0.05, 0) is 54.2 Å². The van der Waals surface area contributed by atoms with Gasteiger partial charge >= 0.3 is 6.18 Å². The van der Waals surface area contributed by atoms with Crippen molar-refractivity contribution < 1.29 is 27.8 Å². The maximum atomic E-state index is 12.8. The fourth-order valence-electron chi connectivity index (χ4n) is 3.93. The molecule has 154 valence electrons. The number of aliphatic hydroxyl groups is 1. The number of benzene rings is 2. The van der Waals surface area contributed by atoms with Gasteiger partial charge in [-0.2, -0.15) is 13.2 Å². The lowest BCUT2D eigenvalue weighted by Gasteiger charge is -2.37. The molecule has 0 aliphatic carbocycles. The number of ether oxygens (including phenoxy) is 1.